The van der Waals surface area contributed by atoms with E-state index in [0.29, 0.717) is 34.7 Å². The summed E-state index contributed by atoms with van der Waals surface area (Å²) < 4.78 is 15.8. The Morgan fingerprint density at radius 1 is 1.33 bits per heavy atom. The van der Waals surface area contributed by atoms with E-state index in [-0.39, 0.29) is 12.7 Å². The molecule has 7 nitrogen and oxygen atoms in total. The van der Waals surface area contributed by atoms with Gasteiger partial charge in [0.25, 0.3) is 5.91 Å². The van der Waals surface area contributed by atoms with E-state index >= 15 is 0 Å². The van der Waals surface area contributed by atoms with E-state index in [4.69, 9.17) is 25.6 Å². The van der Waals surface area contributed by atoms with Gasteiger partial charge in [-0.05, 0) is 43.9 Å². The molecular weight excluding hydrogens is 370 g/mol. The maximum atomic E-state index is 12.1. The van der Waals surface area contributed by atoms with Crippen molar-refractivity contribution < 1.29 is 18.8 Å². The minimum atomic E-state index is -0.192. The Morgan fingerprint density at radius 3 is 2.93 bits per heavy atom. The molecule has 1 saturated heterocycles. The van der Waals surface area contributed by atoms with Crippen LogP contribution in [0.2, 0.25) is 5.02 Å². The molecule has 1 N–H and O–H groups in total. The van der Waals surface area contributed by atoms with Crippen LogP contribution in [-0.4, -0.2) is 42.4 Å². The molecule has 1 fully saturated rings. The molecule has 1 aromatic heterocycles. The molecule has 0 radical (unpaired) electrons. The molecule has 2 aliphatic heterocycles. The summed E-state index contributed by atoms with van der Waals surface area (Å²) in [7, 11) is 0. The molecule has 144 valence electrons. The number of hydrogen-bond donors (Lipinski definition) is 1. The number of amides is 1. The van der Waals surface area contributed by atoms with Crippen LogP contribution in [0.5, 0.6) is 11.5 Å². The first kappa shape index (κ1) is 18.1. The zero-order chi connectivity index (χ0) is 18.8. The monoisotopic (exact) mass is 391 g/mol. The molecule has 0 bridgehead atoms. The van der Waals surface area contributed by atoms with Crippen LogP contribution in [0.25, 0.3) is 0 Å². The highest BCUT2D eigenvalue weighted by Crippen LogP contribution is 2.37. The number of rotatable bonds is 5. The van der Waals surface area contributed by atoms with Crippen LogP contribution < -0.4 is 14.8 Å². The predicted octanol–water partition coefficient (Wildman–Crippen LogP) is 3.01. The second-order valence-corrected chi connectivity index (χ2v) is 7.48. The zero-order valence-corrected chi connectivity index (χ0v) is 15.9. The van der Waals surface area contributed by atoms with Crippen LogP contribution in [0.4, 0.5) is 0 Å². The standard InChI is InChI=1S/C19H22ClN3O4/c1-12-5-16(22-27-12)19(24)21-8-13-3-2-4-23(9-13)10-14-6-17-18(7-15(14)20)26-11-25-17/h5-7,13H,2-4,8-11H2,1H3,(H,21,24). The summed E-state index contributed by atoms with van der Waals surface area (Å²) in [6, 6.07) is 5.42. The van der Waals surface area contributed by atoms with E-state index in [1.165, 1.54) is 0 Å². The fraction of sp³-hybridized carbons (Fsp3) is 0.474. The minimum absolute atomic E-state index is 0.192. The molecule has 3 heterocycles. The quantitative estimate of drug-likeness (QED) is 0.844. The third kappa shape index (κ3) is 4.20. The summed E-state index contributed by atoms with van der Waals surface area (Å²) >= 11 is 6.40. The summed E-state index contributed by atoms with van der Waals surface area (Å²) in [5.41, 5.74) is 1.36. The van der Waals surface area contributed by atoms with Crippen LogP contribution in [0, 0.1) is 12.8 Å². The van der Waals surface area contributed by atoms with Gasteiger partial charge in [-0.15, -0.1) is 0 Å². The summed E-state index contributed by atoms with van der Waals surface area (Å²) in [5, 5.41) is 7.41. The maximum absolute atomic E-state index is 12.1. The molecule has 0 aliphatic carbocycles. The number of halogens is 1. The first-order chi connectivity index (χ1) is 13.1. The Bertz CT molecular complexity index is 838. The first-order valence-corrected chi connectivity index (χ1v) is 9.48. The summed E-state index contributed by atoms with van der Waals surface area (Å²) in [5.74, 6) is 2.28. The lowest BCUT2D eigenvalue weighted by Gasteiger charge is -2.33. The lowest BCUT2D eigenvalue weighted by molar-refractivity contribution is 0.0921. The van der Waals surface area contributed by atoms with Gasteiger partial charge in [-0.25, -0.2) is 0 Å². The normalized spacial score (nSPS) is 19.3. The van der Waals surface area contributed by atoms with Crippen LogP contribution in [-0.2, 0) is 6.54 Å². The van der Waals surface area contributed by atoms with E-state index in [9.17, 15) is 4.79 Å². The summed E-state index contributed by atoms with van der Waals surface area (Å²) in [6.45, 7) is 5.30. The molecule has 1 amide bonds. The number of hydrogen-bond acceptors (Lipinski definition) is 6. The molecular formula is C19H22ClN3O4. The van der Waals surface area contributed by atoms with Gasteiger partial charge in [0.1, 0.15) is 5.76 Å². The highest BCUT2D eigenvalue weighted by atomic mass is 35.5. The molecule has 0 spiro atoms. The van der Waals surface area contributed by atoms with Crippen molar-refractivity contribution in [1.82, 2.24) is 15.4 Å². The second-order valence-electron chi connectivity index (χ2n) is 7.07. The molecule has 1 atom stereocenters. The van der Waals surface area contributed by atoms with Gasteiger partial charge in [-0.1, -0.05) is 16.8 Å². The molecule has 8 heteroatoms. The van der Waals surface area contributed by atoms with E-state index in [2.05, 4.69) is 15.4 Å². The van der Waals surface area contributed by atoms with Crippen molar-refractivity contribution in [2.75, 3.05) is 26.4 Å². The van der Waals surface area contributed by atoms with E-state index < -0.39 is 0 Å². The van der Waals surface area contributed by atoms with Gasteiger partial charge in [-0.3, -0.25) is 9.69 Å². The number of benzene rings is 1. The molecule has 1 aromatic carbocycles. The van der Waals surface area contributed by atoms with Crippen molar-refractivity contribution in [3.63, 3.8) is 0 Å². The number of carbonyl (C=O) groups excluding carboxylic acids is 1. The van der Waals surface area contributed by atoms with E-state index in [1.54, 1.807) is 13.0 Å². The highest BCUT2D eigenvalue weighted by Gasteiger charge is 2.23. The van der Waals surface area contributed by atoms with Crippen molar-refractivity contribution in [2.24, 2.45) is 5.92 Å². The number of aromatic nitrogens is 1. The van der Waals surface area contributed by atoms with Crippen LogP contribution >= 0.6 is 11.6 Å². The molecule has 2 aromatic rings. The van der Waals surface area contributed by atoms with Crippen molar-refractivity contribution >= 4 is 17.5 Å². The topological polar surface area (TPSA) is 76.8 Å². The van der Waals surface area contributed by atoms with Gasteiger partial charge in [0.15, 0.2) is 17.2 Å². The number of piperidine rings is 1. The average molecular weight is 392 g/mol. The Balaban J connectivity index is 1.32. The Kier molecular flexibility index (Phi) is 5.22. The predicted molar refractivity (Wildman–Crippen MR) is 99.1 cm³/mol. The Hall–Kier alpha value is -2.25. The third-order valence-electron chi connectivity index (χ3n) is 4.95. The van der Waals surface area contributed by atoms with Crippen molar-refractivity contribution in [2.45, 2.75) is 26.3 Å². The number of ether oxygens (including phenoxy) is 2. The number of aryl methyl sites for hydroxylation is 1. The number of carbonyl (C=O) groups is 1. The van der Waals surface area contributed by atoms with Gasteiger partial charge in [0.05, 0.1) is 0 Å². The first-order valence-electron chi connectivity index (χ1n) is 9.10. The molecule has 27 heavy (non-hydrogen) atoms. The fourth-order valence-electron chi connectivity index (χ4n) is 3.58. The number of fused-ring (bicyclic) bond motifs is 1. The Morgan fingerprint density at radius 2 is 2.15 bits per heavy atom. The average Bonchev–Trinajstić information content (AvgIpc) is 3.29. The smallest absolute Gasteiger partial charge is 0.273 e. The summed E-state index contributed by atoms with van der Waals surface area (Å²) in [6.07, 6.45) is 2.18. The van der Waals surface area contributed by atoms with E-state index in [0.717, 1.165) is 43.8 Å². The zero-order valence-electron chi connectivity index (χ0n) is 15.2. The lowest BCUT2D eigenvalue weighted by Crippen LogP contribution is -2.40. The second kappa shape index (κ2) is 7.78. The van der Waals surface area contributed by atoms with Crippen LogP contribution in [0.15, 0.2) is 22.7 Å². The third-order valence-corrected chi connectivity index (χ3v) is 5.30. The lowest BCUT2D eigenvalue weighted by atomic mass is 9.97. The SMILES string of the molecule is Cc1cc(C(=O)NCC2CCCN(Cc3cc4c(cc3Cl)OCO4)C2)no1. The van der Waals surface area contributed by atoms with Gasteiger partial charge >= 0.3 is 0 Å². The number of likely N-dealkylation sites (tertiary alicyclic amines) is 1. The minimum Gasteiger partial charge on any atom is -0.454 e. The van der Waals surface area contributed by atoms with Gasteiger partial charge in [0.2, 0.25) is 6.79 Å². The van der Waals surface area contributed by atoms with Gasteiger partial charge in [0, 0.05) is 36.8 Å². The van der Waals surface area contributed by atoms with Gasteiger partial charge in [-0.2, -0.15) is 0 Å². The summed E-state index contributed by atoms with van der Waals surface area (Å²) in [4.78, 5) is 14.5. The maximum Gasteiger partial charge on any atom is 0.273 e. The Labute approximate surface area is 162 Å². The van der Waals surface area contributed by atoms with E-state index in [1.807, 2.05) is 12.1 Å². The largest absolute Gasteiger partial charge is 0.454 e. The molecule has 2 aliphatic rings. The number of nitrogens with zero attached hydrogens (tertiary/aromatic N) is 2. The molecule has 4 rings (SSSR count). The van der Waals surface area contributed by atoms with Gasteiger partial charge < -0.3 is 19.3 Å². The van der Waals surface area contributed by atoms with Crippen molar-refractivity contribution in [1.29, 1.82) is 0 Å². The van der Waals surface area contributed by atoms with Crippen LogP contribution in [0.3, 0.4) is 0 Å². The van der Waals surface area contributed by atoms with Crippen LogP contribution in [0.1, 0.15) is 34.7 Å². The highest BCUT2D eigenvalue weighted by molar-refractivity contribution is 6.31. The van der Waals surface area contributed by atoms with Crippen molar-refractivity contribution in [3.05, 3.63) is 40.2 Å². The van der Waals surface area contributed by atoms with Crippen molar-refractivity contribution in [3.8, 4) is 11.5 Å². The molecule has 1 unspecified atom stereocenters. The molecule has 0 saturated carbocycles. The number of nitrogens with one attached hydrogen (secondary N) is 1. The fourth-order valence-corrected chi connectivity index (χ4v) is 3.80.